The fraction of sp³-hybridized carbons (Fsp3) is 0.600. The summed E-state index contributed by atoms with van der Waals surface area (Å²) in [6, 6.07) is 8.88. The monoisotopic (exact) mass is 295 g/mol. The zero-order valence-corrected chi connectivity index (χ0v) is 12.3. The van der Waals surface area contributed by atoms with Gasteiger partial charge >= 0.3 is 0 Å². The van der Waals surface area contributed by atoms with Gasteiger partial charge in [0.1, 0.15) is 0 Å². The van der Waals surface area contributed by atoms with Crippen molar-refractivity contribution < 1.29 is 0 Å². The summed E-state index contributed by atoms with van der Waals surface area (Å²) in [4.78, 5) is 0. The standard InChI is InChI=1S/C15H22BrN/c1-15(2)8-7-14(17)12(10-15)9-11-5-3-4-6-13(11)16/h3-6,12,14H,7-10,17H2,1-2H3. The van der Waals surface area contributed by atoms with Crippen LogP contribution >= 0.6 is 15.9 Å². The van der Waals surface area contributed by atoms with E-state index in [0.29, 0.717) is 17.4 Å². The van der Waals surface area contributed by atoms with Crippen molar-refractivity contribution in [1.29, 1.82) is 0 Å². The molecule has 1 aromatic rings. The molecule has 1 nitrogen and oxygen atoms in total. The Balaban J connectivity index is 2.10. The van der Waals surface area contributed by atoms with Gasteiger partial charge in [-0.3, -0.25) is 0 Å². The van der Waals surface area contributed by atoms with Crippen LogP contribution in [0, 0.1) is 11.3 Å². The molecule has 1 aliphatic rings. The minimum absolute atomic E-state index is 0.370. The number of hydrogen-bond acceptors (Lipinski definition) is 1. The van der Waals surface area contributed by atoms with Crippen molar-refractivity contribution in [2.24, 2.45) is 17.1 Å². The molecule has 1 aliphatic carbocycles. The maximum Gasteiger partial charge on any atom is 0.0207 e. The summed E-state index contributed by atoms with van der Waals surface area (Å²) in [5.41, 5.74) is 8.14. The van der Waals surface area contributed by atoms with Crippen LogP contribution in [0.3, 0.4) is 0 Å². The van der Waals surface area contributed by atoms with Crippen LogP contribution in [-0.4, -0.2) is 6.04 Å². The van der Waals surface area contributed by atoms with Crippen LogP contribution in [-0.2, 0) is 6.42 Å². The van der Waals surface area contributed by atoms with Crippen LogP contribution < -0.4 is 5.73 Å². The molecule has 0 saturated heterocycles. The van der Waals surface area contributed by atoms with Crippen molar-refractivity contribution in [3.05, 3.63) is 34.3 Å². The summed E-state index contributed by atoms with van der Waals surface area (Å²) in [7, 11) is 0. The summed E-state index contributed by atoms with van der Waals surface area (Å²) in [5, 5.41) is 0. The van der Waals surface area contributed by atoms with Crippen molar-refractivity contribution in [2.45, 2.75) is 45.6 Å². The average Bonchev–Trinajstić information content (AvgIpc) is 2.26. The van der Waals surface area contributed by atoms with Gasteiger partial charge < -0.3 is 5.73 Å². The number of halogens is 1. The molecular weight excluding hydrogens is 274 g/mol. The van der Waals surface area contributed by atoms with Crippen molar-refractivity contribution >= 4 is 15.9 Å². The lowest BCUT2D eigenvalue weighted by Crippen LogP contribution is -2.40. The Bertz CT molecular complexity index is 386. The molecule has 2 unspecified atom stereocenters. The first-order valence-corrected chi connectivity index (χ1v) is 7.26. The highest BCUT2D eigenvalue weighted by Crippen LogP contribution is 2.39. The molecule has 1 saturated carbocycles. The first-order valence-electron chi connectivity index (χ1n) is 6.47. The molecule has 1 fully saturated rings. The minimum Gasteiger partial charge on any atom is -0.327 e. The van der Waals surface area contributed by atoms with Gasteiger partial charge in [0.05, 0.1) is 0 Å². The highest BCUT2D eigenvalue weighted by molar-refractivity contribution is 9.10. The number of nitrogens with two attached hydrogens (primary N) is 1. The molecule has 0 spiro atoms. The molecule has 0 aromatic heterocycles. The van der Waals surface area contributed by atoms with Gasteiger partial charge in [-0.25, -0.2) is 0 Å². The third kappa shape index (κ3) is 3.32. The second-order valence-electron chi connectivity index (χ2n) is 6.13. The Morgan fingerprint density at radius 1 is 1.35 bits per heavy atom. The molecular formula is C15H22BrN. The van der Waals surface area contributed by atoms with Crippen LogP contribution in [0.5, 0.6) is 0 Å². The van der Waals surface area contributed by atoms with E-state index in [1.807, 2.05) is 0 Å². The van der Waals surface area contributed by atoms with Crippen molar-refractivity contribution in [3.8, 4) is 0 Å². The zero-order chi connectivity index (χ0) is 12.5. The summed E-state index contributed by atoms with van der Waals surface area (Å²) in [6.45, 7) is 4.73. The van der Waals surface area contributed by atoms with E-state index in [1.54, 1.807) is 0 Å². The van der Waals surface area contributed by atoms with Gasteiger partial charge in [0.2, 0.25) is 0 Å². The van der Waals surface area contributed by atoms with Gasteiger partial charge in [-0.15, -0.1) is 0 Å². The maximum absolute atomic E-state index is 6.28. The number of hydrogen-bond donors (Lipinski definition) is 1. The topological polar surface area (TPSA) is 26.0 Å². The summed E-state index contributed by atoms with van der Waals surface area (Å²) >= 11 is 3.63. The highest BCUT2D eigenvalue weighted by atomic mass is 79.9. The molecule has 2 rings (SSSR count). The first-order chi connectivity index (χ1) is 7.98. The predicted molar refractivity (Wildman–Crippen MR) is 76.9 cm³/mol. The van der Waals surface area contributed by atoms with E-state index >= 15 is 0 Å². The van der Waals surface area contributed by atoms with E-state index in [1.165, 1.54) is 29.3 Å². The van der Waals surface area contributed by atoms with Crippen LogP contribution in [0.15, 0.2) is 28.7 Å². The molecule has 0 radical (unpaired) electrons. The lowest BCUT2D eigenvalue weighted by molar-refractivity contribution is 0.157. The van der Waals surface area contributed by atoms with E-state index in [2.05, 4.69) is 54.0 Å². The van der Waals surface area contributed by atoms with Crippen LogP contribution in [0.25, 0.3) is 0 Å². The Hall–Kier alpha value is -0.340. The van der Waals surface area contributed by atoms with Gasteiger partial charge in [0.25, 0.3) is 0 Å². The molecule has 17 heavy (non-hydrogen) atoms. The van der Waals surface area contributed by atoms with E-state index < -0.39 is 0 Å². The van der Waals surface area contributed by atoms with Crippen molar-refractivity contribution in [3.63, 3.8) is 0 Å². The van der Waals surface area contributed by atoms with Crippen LogP contribution in [0.1, 0.15) is 38.7 Å². The lowest BCUT2D eigenvalue weighted by Gasteiger charge is -2.39. The van der Waals surface area contributed by atoms with Crippen molar-refractivity contribution in [1.82, 2.24) is 0 Å². The van der Waals surface area contributed by atoms with E-state index in [-0.39, 0.29) is 0 Å². The molecule has 1 aromatic carbocycles. The second-order valence-corrected chi connectivity index (χ2v) is 6.98. The molecule has 0 amide bonds. The lowest BCUT2D eigenvalue weighted by atomic mass is 9.68. The quantitative estimate of drug-likeness (QED) is 0.872. The highest BCUT2D eigenvalue weighted by Gasteiger charge is 2.33. The average molecular weight is 296 g/mol. The van der Waals surface area contributed by atoms with Gasteiger partial charge in [-0.2, -0.15) is 0 Å². The molecule has 0 bridgehead atoms. The predicted octanol–water partition coefficient (Wildman–Crippen LogP) is 4.15. The third-order valence-electron chi connectivity index (χ3n) is 4.01. The van der Waals surface area contributed by atoms with Crippen molar-refractivity contribution in [2.75, 3.05) is 0 Å². The van der Waals surface area contributed by atoms with Crippen LogP contribution in [0.4, 0.5) is 0 Å². The van der Waals surface area contributed by atoms with Gasteiger partial charge in [0, 0.05) is 10.5 Å². The third-order valence-corrected chi connectivity index (χ3v) is 4.79. The number of benzene rings is 1. The molecule has 0 heterocycles. The normalized spacial score (nSPS) is 28.0. The van der Waals surface area contributed by atoms with E-state index in [0.717, 1.165) is 6.42 Å². The SMILES string of the molecule is CC1(C)CCC(N)C(Cc2ccccc2Br)C1. The Morgan fingerprint density at radius 2 is 2.06 bits per heavy atom. The van der Waals surface area contributed by atoms with E-state index in [9.17, 15) is 0 Å². The van der Waals surface area contributed by atoms with Gasteiger partial charge in [0.15, 0.2) is 0 Å². The molecule has 0 aliphatic heterocycles. The Kier molecular flexibility index (Phi) is 3.94. The molecule has 2 atom stereocenters. The first kappa shape index (κ1) is 13.1. The number of rotatable bonds is 2. The largest absolute Gasteiger partial charge is 0.327 e. The second kappa shape index (κ2) is 5.11. The smallest absolute Gasteiger partial charge is 0.0207 e. The Labute approximate surface area is 113 Å². The van der Waals surface area contributed by atoms with E-state index in [4.69, 9.17) is 5.73 Å². The fourth-order valence-electron chi connectivity index (χ4n) is 2.93. The molecule has 2 N–H and O–H groups in total. The van der Waals surface area contributed by atoms with Gasteiger partial charge in [-0.05, 0) is 48.6 Å². The molecule has 2 heteroatoms. The van der Waals surface area contributed by atoms with Crippen LogP contribution in [0.2, 0.25) is 0 Å². The fourth-order valence-corrected chi connectivity index (χ4v) is 3.37. The van der Waals surface area contributed by atoms with Gasteiger partial charge in [-0.1, -0.05) is 48.0 Å². The Morgan fingerprint density at radius 3 is 2.76 bits per heavy atom. The summed E-state index contributed by atoms with van der Waals surface area (Å²) in [6.07, 6.45) is 4.78. The zero-order valence-electron chi connectivity index (χ0n) is 10.7. The molecule has 94 valence electrons. The summed E-state index contributed by atoms with van der Waals surface area (Å²) in [5.74, 6) is 0.623. The minimum atomic E-state index is 0.370. The maximum atomic E-state index is 6.28. The summed E-state index contributed by atoms with van der Waals surface area (Å²) < 4.78 is 1.22.